The summed E-state index contributed by atoms with van der Waals surface area (Å²) in [6.45, 7) is 6.01. The Morgan fingerprint density at radius 3 is 2.44 bits per heavy atom. The Kier molecular flexibility index (Phi) is 2.11. The number of aliphatic hydroxyl groups excluding tert-OH is 1. The van der Waals surface area contributed by atoms with E-state index in [-0.39, 0.29) is 6.61 Å². The number of nitrogens with zero attached hydrogens (tertiary/aromatic N) is 1. The van der Waals surface area contributed by atoms with Crippen LogP contribution < -0.4 is 0 Å². The summed E-state index contributed by atoms with van der Waals surface area (Å²) >= 11 is 0. The van der Waals surface area contributed by atoms with Gasteiger partial charge in [0.15, 0.2) is 0 Å². The maximum atomic E-state index is 8.65. The second kappa shape index (κ2) is 2.87. The highest BCUT2D eigenvalue weighted by Gasteiger charge is 2.11. The molecule has 1 saturated heterocycles. The van der Waals surface area contributed by atoms with Crippen molar-refractivity contribution < 1.29 is 5.11 Å². The predicted octanol–water partition coefficient (Wildman–Crippen LogP) is 0.588. The minimum Gasteiger partial charge on any atom is -0.390 e. The zero-order valence-electron chi connectivity index (χ0n) is 5.64. The van der Waals surface area contributed by atoms with Crippen molar-refractivity contribution in [3.8, 4) is 0 Å². The first kappa shape index (κ1) is 6.62. The van der Waals surface area contributed by atoms with E-state index in [1.807, 2.05) is 0 Å². The topological polar surface area (TPSA) is 23.5 Å². The van der Waals surface area contributed by atoms with Gasteiger partial charge in [0.2, 0.25) is 0 Å². The third-order valence-electron chi connectivity index (χ3n) is 1.74. The molecule has 2 heteroatoms. The van der Waals surface area contributed by atoms with Crippen molar-refractivity contribution in [1.82, 2.24) is 4.90 Å². The summed E-state index contributed by atoms with van der Waals surface area (Å²) in [6, 6.07) is 0. The Bertz CT molecular complexity index is 105. The van der Waals surface area contributed by atoms with E-state index in [9.17, 15) is 0 Å². The Balaban J connectivity index is 2.32. The lowest BCUT2D eigenvalue weighted by Gasteiger charge is -2.17. The van der Waals surface area contributed by atoms with Gasteiger partial charge in [-0.3, -0.25) is 0 Å². The number of hydrogen-bond acceptors (Lipinski definition) is 2. The summed E-state index contributed by atoms with van der Waals surface area (Å²) in [4.78, 5) is 2.14. The highest BCUT2D eigenvalue weighted by Crippen LogP contribution is 2.11. The predicted molar refractivity (Wildman–Crippen MR) is 37.0 cm³/mol. The van der Waals surface area contributed by atoms with Gasteiger partial charge >= 0.3 is 0 Å². The molecule has 0 spiro atoms. The van der Waals surface area contributed by atoms with Crippen LogP contribution in [0.1, 0.15) is 12.8 Å². The quantitative estimate of drug-likeness (QED) is 0.586. The molecule has 1 N–H and O–H groups in total. The molecule has 9 heavy (non-hydrogen) atoms. The first-order chi connectivity index (χ1) is 4.34. The van der Waals surface area contributed by atoms with Crippen molar-refractivity contribution in [1.29, 1.82) is 0 Å². The van der Waals surface area contributed by atoms with Gasteiger partial charge in [0.1, 0.15) is 0 Å². The zero-order chi connectivity index (χ0) is 6.69. The van der Waals surface area contributed by atoms with Crippen molar-refractivity contribution in [3.63, 3.8) is 0 Å². The van der Waals surface area contributed by atoms with E-state index in [1.54, 1.807) is 0 Å². The van der Waals surface area contributed by atoms with Crippen LogP contribution in [0, 0.1) is 0 Å². The van der Waals surface area contributed by atoms with Crippen LogP contribution in [-0.4, -0.2) is 29.7 Å². The van der Waals surface area contributed by atoms with Gasteiger partial charge in [-0.25, -0.2) is 0 Å². The average molecular weight is 127 g/mol. The molecule has 1 aliphatic heterocycles. The van der Waals surface area contributed by atoms with E-state index in [1.165, 1.54) is 12.8 Å². The van der Waals surface area contributed by atoms with Gasteiger partial charge in [0, 0.05) is 18.8 Å². The van der Waals surface area contributed by atoms with E-state index in [0.29, 0.717) is 0 Å². The van der Waals surface area contributed by atoms with E-state index in [0.717, 1.165) is 18.8 Å². The van der Waals surface area contributed by atoms with Crippen molar-refractivity contribution >= 4 is 0 Å². The minimum atomic E-state index is 0.111. The van der Waals surface area contributed by atoms with E-state index >= 15 is 0 Å². The lowest BCUT2D eigenvalue weighted by molar-refractivity contribution is 0.276. The summed E-state index contributed by atoms with van der Waals surface area (Å²) in [5, 5.41) is 8.65. The van der Waals surface area contributed by atoms with Crippen molar-refractivity contribution in [3.05, 3.63) is 12.3 Å². The smallest absolute Gasteiger partial charge is 0.0823 e. The fourth-order valence-electron chi connectivity index (χ4n) is 1.13. The highest BCUT2D eigenvalue weighted by molar-refractivity contribution is 4.95. The molecule has 1 fully saturated rings. The van der Waals surface area contributed by atoms with Gasteiger partial charge in [-0.2, -0.15) is 0 Å². The molecular weight excluding hydrogens is 114 g/mol. The fourth-order valence-corrected chi connectivity index (χ4v) is 1.13. The largest absolute Gasteiger partial charge is 0.390 e. The summed E-state index contributed by atoms with van der Waals surface area (Å²) in [5.41, 5.74) is 0.868. The molecule has 0 amide bonds. The molecule has 1 heterocycles. The SMILES string of the molecule is C=C(CO)N1CCCC1. The molecule has 1 rings (SSSR count). The second-order valence-corrected chi connectivity index (χ2v) is 2.42. The second-order valence-electron chi connectivity index (χ2n) is 2.42. The molecule has 0 radical (unpaired) electrons. The first-order valence-electron chi connectivity index (χ1n) is 3.38. The molecule has 0 aromatic rings. The summed E-state index contributed by atoms with van der Waals surface area (Å²) in [5.74, 6) is 0. The molecule has 0 unspecified atom stereocenters. The van der Waals surface area contributed by atoms with Crippen LogP contribution in [0.5, 0.6) is 0 Å². The lowest BCUT2D eigenvalue weighted by atomic mass is 10.4. The molecule has 0 bridgehead atoms. The third-order valence-corrected chi connectivity index (χ3v) is 1.74. The molecule has 0 aliphatic carbocycles. The van der Waals surface area contributed by atoms with Crippen LogP contribution in [0.3, 0.4) is 0 Å². The Morgan fingerprint density at radius 1 is 1.44 bits per heavy atom. The van der Waals surface area contributed by atoms with E-state index < -0.39 is 0 Å². The van der Waals surface area contributed by atoms with Crippen LogP contribution in [0.2, 0.25) is 0 Å². The Labute approximate surface area is 55.8 Å². The van der Waals surface area contributed by atoms with Gasteiger partial charge in [0.25, 0.3) is 0 Å². The summed E-state index contributed by atoms with van der Waals surface area (Å²) in [6.07, 6.45) is 2.50. The lowest BCUT2D eigenvalue weighted by Crippen LogP contribution is -2.19. The van der Waals surface area contributed by atoms with Gasteiger partial charge in [-0.05, 0) is 12.8 Å². The monoisotopic (exact) mass is 127 g/mol. The summed E-state index contributed by atoms with van der Waals surface area (Å²) in [7, 11) is 0. The van der Waals surface area contributed by atoms with Crippen LogP contribution in [0.15, 0.2) is 12.3 Å². The van der Waals surface area contributed by atoms with Crippen LogP contribution in [0.4, 0.5) is 0 Å². The van der Waals surface area contributed by atoms with Crippen LogP contribution in [0.25, 0.3) is 0 Å². The van der Waals surface area contributed by atoms with Crippen LogP contribution >= 0.6 is 0 Å². The normalized spacial score (nSPS) is 18.6. The van der Waals surface area contributed by atoms with Gasteiger partial charge in [0.05, 0.1) is 6.61 Å². The number of rotatable bonds is 2. The molecule has 0 aromatic heterocycles. The number of hydrogen-bond donors (Lipinski definition) is 1. The van der Waals surface area contributed by atoms with Gasteiger partial charge in [-0.1, -0.05) is 6.58 Å². The third kappa shape index (κ3) is 1.45. The molecule has 0 atom stereocenters. The molecular formula is C7H13NO. The van der Waals surface area contributed by atoms with Gasteiger partial charge in [-0.15, -0.1) is 0 Å². The Hall–Kier alpha value is -0.500. The van der Waals surface area contributed by atoms with E-state index in [2.05, 4.69) is 11.5 Å². The maximum absolute atomic E-state index is 8.65. The fraction of sp³-hybridized carbons (Fsp3) is 0.714. The highest BCUT2D eigenvalue weighted by atomic mass is 16.3. The molecule has 0 saturated carbocycles. The molecule has 52 valence electrons. The van der Waals surface area contributed by atoms with Crippen molar-refractivity contribution in [2.24, 2.45) is 0 Å². The average Bonchev–Trinajstić information content (AvgIpc) is 2.37. The van der Waals surface area contributed by atoms with Crippen LogP contribution in [-0.2, 0) is 0 Å². The Morgan fingerprint density at radius 2 is 2.00 bits per heavy atom. The number of aliphatic hydroxyl groups is 1. The van der Waals surface area contributed by atoms with Gasteiger partial charge < -0.3 is 10.0 Å². The summed E-state index contributed by atoms with van der Waals surface area (Å²) < 4.78 is 0. The minimum absolute atomic E-state index is 0.111. The first-order valence-corrected chi connectivity index (χ1v) is 3.38. The maximum Gasteiger partial charge on any atom is 0.0823 e. The molecule has 1 aliphatic rings. The van der Waals surface area contributed by atoms with E-state index in [4.69, 9.17) is 5.11 Å². The number of likely N-dealkylation sites (tertiary alicyclic amines) is 1. The molecule has 2 nitrogen and oxygen atoms in total. The molecule has 0 aromatic carbocycles. The van der Waals surface area contributed by atoms with Crippen molar-refractivity contribution in [2.75, 3.05) is 19.7 Å². The van der Waals surface area contributed by atoms with Crippen molar-refractivity contribution in [2.45, 2.75) is 12.8 Å². The standard InChI is InChI=1S/C7H13NO/c1-7(6-9)8-4-2-3-5-8/h9H,1-6H2. The zero-order valence-corrected chi connectivity index (χ0v) is 5.64.